The number of amides is 1. The van der Waals surface area contributed by atoms with Crippen LogP contribution in [0.2, 0.25) is 0 Å². The molecule has 1 amide bonds. The first kappa shape index (κ1) is 14.5. The zero-order valence-electron chi connectivity index (χ0n) is 13.3. The summed E-state index contributed by atoms with van der Waals surface area (Å²) in [4.78, 5) is 18.2. The molecule has 0 aliphatic carbocycles. The number of nitrogens with two attached hydrogens (primary N) is 1. The molecule has 0 bridgehead atoms. The summed E-state index contributed by atoms with van der Waals surface area (Å²) in [6.45, 7) is 1.92. The van der Waals surface area contributed by atoms with E-state index in [4.69, 9.17) is 5.73 Å². The third-order valence-electron chi connectivity index (χ3n) is 4.15. The van der Waals surface area contributed by atoms with Gasteiger partial charge < -0.3 is 16.0 Å². The van der Waals surface area contributed by atoms with E-state index >= 15 is 0 Å². The summed E-state index contributed by atoms with van der Waals surface area (Å²) >= 11 is 0. The molecular weight excluding hydrogens is 308 g/mol. The van der Waals surface area contributed by atoms with Crippen molar-refractivity contribution in [3.63, 3.8) is 0 Å². The Bertz CT molecular complexity index is 905. The van der Waals surface area contributed by atoms with Gasteiger partial charge in [0.1, 0.15) is 11.2 Å². The summed E-state index contributed by atoms with van der Waals surface area (Å²) in [5, 5.41) is 12.0. The summed E-state index contributed by atoms with van der Waals surface area (Å²) in [6.07, 6.45) is 4.19. The Kier molecular flexibility index (Phi) is 3.33. The standard InChI is InChI=1S/C15H18N8O/c1-21-11(13(16)24)9-12(19-21)17-14-10-5-4-8-23(10)20-15(18-14)22-6-2-3-7-22/h4-5,8-9H,2-3,6-7H2,1H3,(H2,16,24)(H,17,18,19,20). The number of carbonyl (C=O) groups is 1. The lowest BCUT2D eigenvalue weighted by Crippen LogP contribution is -2.22. The van der Waals surface area contributed by atoms with Crippen LogP contribution in [-0.2, 0) is 7.05 Å². The van der Waals surface area contributed by atoms with Crippen molar-refractivity contribution in [3.8, 4) is 0 Å². The molecule has 0 spiro atoms. The molecule has 0 unspecified atom stereocenters. The van der Waals surface area contributed by atoms with Gasteiger partial charge in [0.25, 0.3) is 5.91 Å². The highest BCUT2D eigenvalue weighted by Crippen LogP contribution is 2.24. The maximum atomic E-state index is 11.4. The van der Waals surface area contributed by atoms with E-state index in [1.807, 2.05) is 18.3 Å². The number of nitrogens with zero attached hydrogens (tertiary/aromatic N) is 6. The number of nitrogens with one attached hydrogen (secondary N) is 1. The number of fused-ring (bicyclic) bond motifs is 1. The zero-order valence-corrected chi connectivity index (χ0v) is 13.3. The Labute approximate surface area is 138 Å². The number of primary amides is 1. The van der Waals surface area contributed by atoms with Crippen molar-refractivity contribution in [2.24, 2.45) is 12.8 Å². The molecule has 9 heteroatoms. The maximum Gasteiger partial charge on any atom is 0.267 e. The van der Waals surface area contributed by atoms with Gasteiger partial charge in [-0.2, -0.15) is 10.1 Å². The minimum Gasteiger partial charge on any atom is -0.364 e. The van der Waals surface area contributed by atoms with Crippen molar-refractivity contribution < 1.29 is 4.79 Å². The SMILES string of the molecule is Cn1nc(Nc2nc(N3CCCC3)nn3cccc23)cc1C(N)=O. The van der Waals surface area contributed by atoms with Gasteiger partial charge >= 0.3 is 0 Å². The second-order valence-electron chi connectivity index (χ2n) is 5.82. The van der Waals surface area contributed by atoms with E-state index < -0.39 is 5.91 Å². The minimum atomic E-state index is -0.522. The molecule has 4 rings (SSSR count). The van der Waals surface area contributed by atoms with Crippen molar-refractivity contribution in [1.29, 1.82) is 0 Å². The summed E-state index contributed by atoms with van der Waals surface area (Å²) < 4.78 is 3.24. The average Bonchev–Trinajstić information content (AvgIpc) is 3.26. The van der Waals surface area contributed by atoms with Crippen molar-refractivity contribution in [2.75, 3.05) is 23.3 Å². The Morgan fingerprint density at radius 1 is 1.29 bits per heavy atom. The van der Waals surface area contributed by atoms with Gasteiger partial charge in [-0.15, -0.1) is 5.10 Å². The molecule has 0 radical (unpaired) electrons. The lowest BCUT2D eigenvalue weighted by Gasteiger charge is -2.16. The molecule has 1 fully saturated rings. The second kappa shape index (κ2) is 5.52. The van der Waals surface area contributed by atoms with Crippen molar-refractivity contribution in [3.05, 3.63) is 30.1 Å². The lowest BCUT2D eigenvalue weighted by atomic mass is 10.4. The van der Waals surface area contributed by atoms with Crippen LogP contribution in [0.4, 0.5) is 17.6 Å². The predicted octanol–water partition coefficient (Wildman–Crippen LogP) is 0.905. The Balaban J connectivity index is 1.73. The number of aromatic nitrogens is 5. The van der Waals surface area contributed by atoms with Gasteiger partial charge in [0, 0.05) is 32.4 Å². The first-order valence-corrected chi connectivity index (χ1v) is 7.83. The van der Waals surface area contributed by atoms with Crippen LogP contribution >= 0.6 is 0 Å². The van der Waals surface area contributed by atoms with Crippen LogP contribution in [0.25, 0.3) is 5.52 Å². The van der Waals surface area contributed by atoms with Crippen molar-refractivity contribution >= 4 is 29.0 Å². The summed E-state index contributed by atoms with van der Waals surface area (Å²) in [6, 6.07) is 5.45. The maximum absolute atomic E-state index is 11.4. The van der Waals surface area contributed by atoms with Gasteiger partial charge in [-0.25, -0.2) is 4.52 Å². The lowest BCUT2D eigenvalue weighted by molar-refractivity contribution is 0.0991. The van der Waals surface area contributed by atoms with Crippen LogP contribution < -0.4 is 16.0 Å². The first-order valence-electron chi connectivity index (χ1n) is 7.83. The largest absolute Gasteiger partial charge is 0.364 e. The second-order valence-corrected chi connectivity index (χ2v) is 5.82. The molecule has 0 atom stereocenters. The molecule has 4 heterocycles. The quantitative estimate of drug-likeness (QED) is 0.738. The number of rotatable bonds is 4. The summed E-state index contributed by atoms with van der Waals surface area (Å²) in [5.41, 5.74) is 6.51. The van der Waals surface area contributed by atoms with Gasteiger partial charge in [0.05, 0.1) is 0 Å². The highest BCUT2D eigenvalue weighted by atomic mass is 16.1. The van der Waals surface area contributed by atoms with Crippen LogP contribution in [0.15, 0.2) is 24.4 Å². The summed E-state index contributed by atoms with van der Waals surface area (Å²) in [5.74, 6) is 1.32. The van der Waals surface area contributed by atoms with Crippen LogP contribution in [0, 0.1) is 0 Å². The Morgan fingerprint density at radius 3 is 2.79 bits per heavy atom. The fraction of sp³-hybridized carbons (Fsp3) is 0.333. The molecule has 24 heavy (non-hydrogen) atoms. The zero-order chi connectivity index (χ0) is 16.7. The van der Waals surface area contributed by atoms with Crippen LogP contribution in [0.1, 0.15) is 23.3 Å². The van der Waals surface area contributed by atoms with Gasteiger partial charge in [0.2, 0.25) is 5.95 Å². The molecule has 0 saturated carbocycles. The predicted molar refractivity (Wildman–Crippen MR) is 89.4 cm³/mol. The molecule has 124 valence electrons. The van der Waals surface area contributed by atoms with E-state index in [1.54, 1.807) is 17.6 Å². The Morgan fingerprint density at radius 2 is 2.08 bits per heavy atom. The average molecular weight is 326 g/mol. The molecular formula is C15H18N8O. The molecule has 0 aromatic carbocycles. The molecule has 3 aromatic rings. The topological polar surface area (TPSA) is 106 Å². The van der Waals surface area contributed by atoms with Crippen molar-refractivity contribution in [2.45, 2.75) is 12.8 Å². The number of hydrogen-bond donors (Lipinski definition) is 2. The van der Waals surface area contributed by atoms with Gasteiger partial charge in [-0.05, 0) is 25.0 Å². The van der Waals surface area contributed by atoms with Crippen LogP contribution in [0.5, 0.6) is 0 Å². The van der Waals surface area contributed by atoms with Gasteiger partial charge in [-0.1, -0.05) is 0 Å². The molecule has 1 saturated heterocycles. The molecule has 3 N–H and O–H groups in total. The van der Waals surface area contributed by atoms with E-state index in [9.17, 15) is 4.79 Å². The normalized spacial score (nSPS) is 14.5. The molecule has 1 aliphatic heterocycles. The van der Waals surface area contributed by atoms with E-state index in [0.29, 0.717) is 23.3 Å². The van der Waals surface area contributed by atoms with E-state index in [-0.39, 0.29) is 0 Å². The fourth-order valence-electron chi connectivity index (χ4n) is 2.95. The number of anilines is 3. The smallest absolute Gasteiger partial charge is 0.267 e. The number of hydrogen-bond acceptors (Lipinski definition) is 6. The monoisotopic (exact) mass is 326 g/mol. The summed E-state index contributed by atoms with van der Waals surface area (Å²) in [7, 11) is 1.67. The van der Waals surface area contributed by atoms with E-state index in [2.05, 4.69) is 25.4 Å². The fourth-order valence-corrected chi connectivity index (χ4v) is 2.95. The third kappa shape index (κ3) is 2.43. The van der Waals surface area contributed by atoms with Crippen LogP contribution in [-0.4, -0.2) is 43.4 Å². The molecule has 3 aromatic heterocycles. The highest BCUT2D eigenvalue weighted by Gasteiger charge is 2.18. The molecule has 1 aliphatic rings. The minimum absolute atomic E-state index is 0.331. The van der Waals surface area contributed by atoms with Gasteiger partial charge in [-0.3, -0.25) is 9.48 Å². The van der Waals surface area contributed by atoms with E-state index in [1.165, 1.54) is 4.68 Å². The number of aryl methyl sites for hydroxylation is 1. The third-order valence-corrected chi connectivity index (χ3v) is 4.15. The van der Waals surface area contributed by atoms with E-state index in [0.717, 1.165) is 31.4 Å². The highest BCUT2D eigenvalue weighted by molar-refractivity contribution is 5.92. The number of carbonyl (C=O) groups excluding carboxylic acids is 1. The van der Waals surface area contributed by atoms with Crippen molar-refractivity contribution in [1.82, 2.24) is 24.4 Å². The first-order chi connectivity index (χ1) is 11.6. The van der Waals surface area contributed by atoms with Crippen LogP contribution in [0.3, 0.4) is 0 Å². The van der Waals surface area contributed by atoms with Gasteiger partial charge in [0.15, 0.2) is 11.6 Å². The molecule has 9 nitrogen and oxygen atoms in total. The Hall–Kier alpha value is -3.10.